The third-order valence-electron chi connectivity index (χ3n) is 4.41. The maximum Gasteiger partial charge on any atom is 0.264 e. The lowest BCUT2D eigenvalue weighted by molar-refractivity contribution is 0.600. The van der Waals surface area contributed by atoms with Crippen molar-refractivity contribution in [3.8, 4) is 0 Å². The van der Waals surface area contributed by atoms with Crippen LogP contribution < -0.4 is 10.3 Å². The van der Waals surface area contributed by atoms with Crippen LogP contribution in [0.2, 0.25) is 0 Å². The predicted molar refractivity (Wildman–Crippen MR) is 106 cm³/mol. The van der Waals surface area contributed by atoms with Crippen molar-refractivity contribution >= 4 is 16.0 Å². The van der Waals surface area contributed by atoms with Gasteiger partial charge in [0.15, 0.2) is 0 Å². The first kappa shape index (κ1) is 18.8. The average molecular weight is 383 g/mol. The summed E-state index contributed by atoms with van der Waals surface area (Å²) in [5.41, 5.74) is 3.72. The molecule has 0 spiro atoms. The van der Waals surface area contributed by atoms with Gasteiger partial charge in [0.2, 0.25) is 5.95 Å². The van der Waals surface area contributed by atoms with Gasteiger partial charge in [0, 0.05) is 12.0 Å². The van der Waals surface area contributed by atoms with E-state index in [2.05, 4.69) is 14.7 Å². The summed E-state index contributed by atoms with van der Waals surface area (Å²) >= 11 is 0. The molecule has 0 saturated heterocycles. The third-order valence-corrected chi connectivity index (χ3v) is 5.77. The van der Waals surface area contributed by atoms with Crippen LogP contribution in [0.25, 0.3) is 0 Å². The Morgan fingerprint density at radius 2 is 1.67 bits per heavy atom. The van der Waals surface area contributed by atoms with Crippen molar-refractivity contribution in [1.82, 2.24) is 9.97 Å². The Morgan fingerprint density at radius 1 is 1.00 bits per heavy atom. The molecule has 0 amide bonds. The number of nitrogens with one attached hydrogen (secondary N) is 2. The summed E-state index contributed by atoms with van der Waals surface area (Å²) in [5.74, 6) is -0.0911. The van der Waals surface area contributed by atoms with Crippen LogP contribution in [-0.4, -0.2) is 18.4 Å². The van der Waals surface area contributed by atoms with E-state index in [0.717, 1.165) is 16.7 Å². The number of H-pyrrole nitrogens is 1. The Hall–Kier alpha value is -2.93. The van der Waals surface area contributed by atoms with Crippen LogP contribution >= 0.6 is 0 Å². The van der Waals surface area contributed by atoms with Crippen LogP contribution in [0.4, 0.5) is 5.95 Å². The molecule has 2 aromatic carbocycles. The van der Waals surface area contributed by atoms with Crippen molar-refractivity contribution < 1.29 is 8.42 Å². The molecule has 0 aliphatic heterocycles. The summed E-state index contributed by atoms with van der Waals surface area (Å²) in [6.07, 6.45) is 0.436. The monoisotopic (exact) mass is 383 g/mol. The van der Waals surface area contributed by atoms with Crippen LogP contribution in [-0.2, 0) is 16.4 Å². The Balaban J connectivity index is 1.90. The molecule has 27 heavy (non-hydrogen) atoms. The quantitative estimate of drug-likeness (QED) is 0.708. The van der Waals surface area contributed by atoms with Gasteiger partial charge in [-0.15, -0.1) is 0 Å². The molecule has 140 valence electrons. The Bertz CT molecular complexity index is 1130. The summed E-state index contributed by atoms with van der Waals surface area (Å²) in [6.45, 7) is 5.56. The number of aryl methyl sites for hydroxylation is 3. The summed E-state index contributed by atoms with van der Waals surface area (Å²) in [7, 11) is -3.82. The minimum absolute atomic E-state index is 0.0911. The molecule has 0 saturated carbocycles. The number of benzene rings is 2. The smallest absolute Gasteiger partial charge is 0.264 e. The van der Waals surface area contributed by atoms with E-state index in [1.54, 1.807) is 19.1 Å². The van der Waals surface area contributed by atoms with E-state index < -0.39 is 10.0 Å². The van der Waals surface area contributed by atoms with Gasteiger partial charge in [-0.25, -0.2) is 18.1 Å². The molecule has 0 bridgehead atoms. The van der Waals surface area contributed by atoms with E-state index >= 15 is 0 Å². The Morgan fingerprint density at radius 3 is 2.30 bits per heavy atom. The molecule has 0 aliphatic rings. The van der Waals surface area contributed by atoms with E-state index in [4.69, 9.17) is 0 Å². The van der Waals surface area contributed by atoms with Crippen molar-refractivity contribution in [3.63, 3.8) is 0 Å². The van der Waals surface area contributed by atoms with Gasteiger partial charge in [-0.05, 0) is 44.0 Å². The van der Waals surface area contributed by atoms with Crippen molar-refractivity contribution in [2.45, 2.75) is 32.1 Å². The van der Waals surface area contributed by atoms with Gasteiger partial charge in [0.05, 0.1) is 10.6 Å². The van der Waals surface area contributed by atoms with Crippen LogP contribution in [0.15, 0.2) is 58.2 Å². The molecular weight excluding hydrogens is 362 g/mol. The van der Waals surface area contributed by atoms with Crippen LogP contribution in [0.5, 0.6) is 0 Å². The maximum atomic E-state index is 12.5. The lowest BCUT2D eigenvalue weighted by atomic mass is 10.0. The molecule has 0 aliphatic carbocycles. The molecule has 0 radical (unpaired) electrons. The summed E-state index contributed by atoms with van der Waals surface area (Å²) in [4.78, 5) is 19.4. The number of nitrogens with zero attached hydrogens (tertiary/aromatic N) is 1. The van der Waals surface area contributed by atoms with Crippen LogP contribution in [0, 0.1) is 20.8 Å². The van der Waals surface area contributed by atoms with E-state index in [-0.39, 0.29) is 16.4 Å². The van der Waals surface area contributed by atoms with Crippen molar-refractivity contribution in [1.29, 1.82) is 0 Å². The highest BCUT2D eigenvalue weighted by molar-refractivity contribution is 7.92. The number of anilines is 1. The lowest BCUT2D eigenvalue weighted by Crippen LogP contribution is -2.22. The average Bonchev–Trinajstić information content (AvgIpc) is 2.59. The van der Waals surface area contributed by atoms with Crippen molar-refractivity contribution in [2.75, 3.05) is 4.72 Å². The fourth-order valence-electron chi connectivity index (χ4n) is 2.77. The molecule has 2 N–H and O–H groups in total. The minimum Gasteiger partial charge on any atom is -0.292 e. The number of hydrogen-bond donors (Lipinski definition) is 2. The molecule has 1 heterocycles. The third kappa shape index (κ3) is 4.25. The second kappa shape index (κ2) is 7.36. The second-order valence-electron chi connectivity index (χ2n) is 6.50. The molecule has 0 atom stereocenters. The van der Waals surface area contributed by atoms with Gasteiger partial charge in [-0.1, -0.05) is 42.0 Å². The maximum absolute atomic E-state index is 12.5. The topological polar surface area (TPSA) is 91.9 Å². The van der Waals surface area contributed by atoms with Crippen molar-refractivity contribution in [2.24, 2.45) is 0 Å². The van der Waals surface area contributed by atoms with E-state index in [1.807, 2.05) is 38.1 Å². The Labute approximate surface area is 158 Å². The zero-order valence-electron chi connectivity index (χ0n) is 15.4. The first-order valence-electron chi connectivity index (χ1n) is 8.50. The SMILES string of the molecule is Cc1ccc(S(=O)(=O)Nc2nc(C)c(Cc3ccccc3C)c(=O)[nH]2)cc1. The summed E-state index contributed by atoms with van der Waals surface area (Å²) < 4.78 is 27.3. The first-order chi connectivity index (χ1) is 12.8. The minimum atomic E-state index is -3.82. The van der Waals surface area contributed by atoms with Gasteiger partial charge in [0.1, 0.15) is 0 Å². The number of sulfonamides is 1. The van der Waals surface area contributed by atoms with E-state index in [9.17, 15) is 13.2 Å². The summed E-state index contributed by atoms with van der Waals surface area (Å²) in [5, 5.41) is 0. The molecule has 1 aromatic heterocycles. The zero-order valence-corrected chi connectivity index (χ0v) is 16.2. The normalized spacial score (nSPS) is 11.4. The van der Waals surface area contributed by atoms with Gasteiger partial charge in [0.25, 0.3) is 15.6 Å². The molecule has 7 heteroatoms. The van der Waals surface area contributed by atoms with Gasteiger partial charge in [-0.3, -0.25) is 9.78 Å². The molecule has 0 unspecified atom stereocenters. The van der Waals surface area contributed by atoms with Gasteiger partial charge < -0.3 is 0 Å². The highest BCUT2D eigenvalue weighted by Gasteiger charge is 2.17. The number of aromatic amines is 1. The molecule has 3 aromatic rings. The zero-order chi connectivity index (χ0) is 19.6. The van der Waals surface area contributed by atoms with E-state index in [0.29, 0.717) is 17.7 Å². The first-order valence-corrected chi connectivity index (χ1v) is 9.98. The highest BCUT2D eigenvalue weighted by Crippen LogP contribution is 2.16. The fraction of sp³-hybridized carbons (Fsp3) is 0.200. The van der Waals surface area contributed by atoms with E-state index in [1.165, 1.54) is 12.1 Å². The van der Waals surface area contributed by atoms with Gasteiger partial charge in [-0.2, -0.15) is 0 Å². The predicted octanol–water partition coefficient (Wildman–Crippen LogP) is 3.09. The van der Waals surface area contributed by atoms with Crippen LogP contribution in [0.1, 0.15) is 27.9 Å². The summed E-state index contributed by atoms with van der Waals surface area (Å²) in [6, 6.07) is 14.2. The standard InChI is InChI=1S/C20H21N3O3S/c1-13-8-10-17(11-9-13)27(25,26)23-20-21-15(3)18(19(24)22-20)12-16-7-5-4-6-14(16)2/h4-11H,12H2,1-3H3,(H2,21,22,23,24). The van der Waals surface area contributed by atoms with Crippen LogP contribution in [0.3, 0.4) is 0 Å². The number of hydrogen-bond acceptors (Lipinski definition) is 4. The largest absolute Gasteiger partial charge is 0.292 e. The van der Waals surface area contributed by atoms with Gasteiger partial charge >= 0.3 is 0 Å². The lowest BCUT2D eigenvalue weighted by Gasteiger charge is -2.11. The Kier molecular flexibility index (Phi) is 5.14. The second-order valence-corrected chi connectivity index (χ2v) is 8.18. The molecule has 3 rings (SSSR count). The fourth-order valence-corrected chi connectivity index (χ4v) is 3.73. The number of aromatic nitrogens is 2. The number of rotatable bonds is 5. The molecular formula is C20H21N3O3S. The highest BCUT2D eigenvalue weighted by atomic mass is 32.2. The molecule has 6 nitrogen and oxygen atoms in total. The molecule has 0 fully saturated rings. The van der Waals surface area contributed by atoms with Crippen molar-refractivity contribution in [3.05, 3.63) is 86.8 Å².